The Morgan fingerprint density at radius 1 is 0.756 bits per heavy atom. The van der Waals surface area contributed by atoms with E-state index in [9.17, 15) is 33.5 Å². The lowest BCUT2D eigenvalue weighted by Crippen LogP contribution is -2.36. The summed E-state index contributed by atoms with van der Waals surface area (Å²) in [5, 5.41) is 8.28. The molecule has 0 aliphatic heterocycles. The Balaban J connectivity index is 3.48. The first-order valence-electron chi connectivity index (χ1n) is 12.5. The zero-order valence-electron chi connectivity index (χ0n) is 24.9. The number of aromatic nitrogens is 1. The lowest BCUT2D eigenvalue weighted by molar-refractivity contribution is -0.162. The summed E-state index contributed by atoms with van der Waals surface area (Å²) in [5.41, 5.74) is -2.92. The standard InChI is InChI=1S/C25H41NO13P2/c1-22(2,3)19(27)34-15-37-40(31,32)25(30,13-18-11-10-12-26-14-18)41(33,38-16-35-20(28)23(4,5)6)39-17-36-21(29)24(7,8)9/h10-12,14,30H,13,15-17H2,1-9H3,(H,31,32). The first-order valence-corrected chi connectivity index (χ1v) is 15.6. The van der Waals surface area contributed by atoms with Crippen LogP contribution in [0.2, 0.25) is 0 Å². The molecule has 1 aromatic heterocycles. The van der Waals surface area contributed by atoms with E-state index >= 15 is 0 Å². The van der Waals surface area contributed by atoms with Crippen LogP contribution in [0.5, 0.6) is 0 Å². The van der Waals surface area contributed by atoms with Gasteiger partial charge in [0.2, 0.25) is 20.4 Å². The van der Waals surface area contributed by atoms with E-state index in [2.05, 4.69) is 4.98 Å². The van der Waals surface area contributed by atoms with Gasteiger partial charge in [0.1, 0.15) is 0 Å². The third kappa shape index (κ3) is 10.6. The summed E-state index contributed by atoms with van der Waals surface area (Å²) in [6.45, 7) is 10.5. The van der Waals surface area contributed by atoms with Crippen LogP contribution < -0.4 is 0 Å². The first-order chi connectivity index (χ1) is 18.5. The summed E-state index contributed by atoms with van der Waals surface area (Å²) in [6.07, 6.45) is 1.68. The number of esters is 3. The summed E-state index contributed by atoms with van der Waals surface area (Å²) in [6, 6.07) is 2.83. The van der Waals surface area contributed by atoms with Crippen molar-refractivity contribution in [3.8, 4) is 0 Å². The minimum absolute atomic E-state index is 0.0883. The molecule has 16 heteroatoms. The molecule has 0 bridgehead atoms. The summed E-state index contributed by atoms with van der Waals surface area (Å²) in [5.74, 6) is -2.39. The highest BCUT2D eigenvalue weighted by atomic mass is 31.2. The highest BCUT2D eigenvalue weighted by Gasteiger charge is 2.64. The number of nitrogens with zero attached hydrogens (tertiary/aromatic N) is 1. The van der Waals surface area contributed by atoms with Crippen LogP contribution in [-0.4, -0.2) is 58.4 Å². The zero-order valence-corrected chi connectivity index (χ0v) is 26.7. The molecule has 0 saturated heterocycles. The van der Waals surface area contributed by atoms with Gasteiger partial charge in [-0.25, -0.2) is 0 Å². The number of carbonyl (C=O) groups is 3. The Hall–Kier alpha value is -2.18. The molecule has 0 spiro atoms. The van der Waals surface area contributed by atoms with Crippen molar-refractivity contribution in [1.29, 1.82) is 0 Å². The van der Waals surface area contributed by atoms with Crippen molar-refractivity contribution < 1.29 is 61.3 Å². The second-order valence-corrected chi connectivity index (χ2v) is 16.8. The highest BCUT2D eigenvalue weighted by Crippen LogP contribution is 2.75. The molecule has 14 nitrogen and oxygen atoms in total. The monoisotopic (exact) mass is 625 g/mol. The molecule has 234 valence electrons. The molecule has 1 heterocycles. The van der Waals surface area contributed by atoms with E-state index in [1.165, 1.54) is 86.8 Å². The summed E-state index contributed by atoms with van der Waals surface area (Å²) < 4.78 is 57.8. The van der Waals surface area contributed by atoms with Gasteiger partial charge in [0, 0.05) is 18.8 Å². The fourth-order valence-electron chi connectivity index (χ4n) is 2.57. The average Bonchev–Trinajstić information content (AvgIpc) is 2.82. The maximum absolute atomic E-state index is 14.2. The van der Waals surface area contributed by atoms with Gasteiger partial charge in [-0.05, 0) is 73.9 Å². The van der Waals surface area contributed by atoms with Crippen LogP contribution in [0.4, 0.5) is 0 Å². The molecule has 1 aromatic rings. The predicted octanol–water partition coefficient (Wildman–Crippen LogP) is 4.34. The van der Waals surface area contributed by atoms with Gasteiger partial charge >= 0.3 is 33.1 Å². The highest BCUT2D eigenvalue weighted by molar-refractivity contribution is 7.73. The van der Waals surface area contributed by atoms with Crippen LogP contribution in [0.15, 0.2) is 24.5 Å². The van der Waals surface area contributed by atoms with Crippen LogP contribution in [0.3, 0.4) is 0 Å². The molecule has 41 heavy (non-hydrogen) atoms. The smallest absolute Gasteiger partial charge is 0.380 e. The second kappa shape index (κ2) is 13.9. The predicted molar refractivity (Wildman–Crippen MR) is 145 cm³/mol. The number of aliphatic hydroxyl groups is 1. The third-order valence-electron chi connectivity index (χ3n) is 5.14. The SMILES string of the molecule is CC(C)(C)C(=O)OCOP(=O)(O)C(O)(Cc1cccnc1)P(=O)(OCOC(=O)C(C)(C)C)OCOC(=O)C(C)(C)C. The fourth-order valence-corrected chi connectivity index (χ4v) is 6.36. The van der Waals surface area contributed by atoms with Gasteiger partial charge < -0.3 is 24.2 Å². The normalized spacial score (nSPS) is 15.8. The topological polar surface area (TPSA) is 194 Å². The Morgan fingerprint density at radius 3 is 1.49 bits per heavy atom. The van der Waals surface area contributed by atoms with Gasteiger partial charge in [0.05, 0.1) is 16.2 Å². The molecule has 1 rings (SSSR count). The lowest BCUT2D eigenvalue weighted by Gasteiger charge is -2.36. The quantitative estimate of drug-likeness (QED) is 0.136. The molecule has 0 aliphatic rings. The van der Waals surface area contributed by atoms with Crippen LogP contribution in [0, 0.1) is 16.2 Å². The Labute approximate surface area is 240 Å². The van der Waals surface area contributed by atoms with Gasteiger partial charge in [0.25, 0.3) is 5.08 Å². The number of hydrogen-bond donors (Lipinski definition) is 2. The minimum Gasteiger partial charge on any atom is -0.438 e. The van der Waals surface area contributed by atoms with Crippen molar-refractivity contribution in [1.82, 2.24) is 4.98 Å². The third-order valence-corrected chi connectivity index (χ3v) is 10.1. The first kappa shape index (κ1) is 36.8. The van der Waals surface area contributed by atoms with Crippen molar-refractivity contribution in [2.24, 2.45) is 16.2 Å². The van der Waals surface area contributed by atoms with Crippen molar-refractivity contribution >= 4 is 33.1 Å². The van der Waals surface area contributed by atoms with Crippen LogP contribution in [-0.2, 0) is 57.7 Å². The number of pyridine rings is 1. The van der Waals surface area contributed by atoms with Crippen LogP contribution in [0.1, 0.15) is 67.9 Å². The van der Waals surface area contributed by atoms with E-state index in [0.29, 0.717) is 0 Å². The van der Waals surface area contributed by atoms with Crippen molar-refractivity contribution in [2.45, 2.75) is 73.8 Å². The molecule has 0 aliphatic carbocycles. The maximum Gasteiger partial charge on any atom is 0.380 e. The fraction of sp³-hybridized carbons (Fsp3) is 0.680. The van der Waals surface area contributed by atoms with Crippen molar-refractivity contribution in [3.05, 3.63) is 30.1 Å². The summed E-state index contributed by atoms with van der Waals surface area (Å²) >= 11 is 0. The van der Waals surface area contributed by atoms with E-state index in [1.807, 2.05) is 0 Å². The summed E-state index contributed by atoms with van der Waals surface area (Å²) in [7, 11) is -10.9. The number of ether oxygens (including phenoxy) is 3. The van der Waals surface area contributed by atoms with Gasteiger partial charge in [-0.1, -0.05) is 6.07 Å². The molecule has 0 saturated carbocycles. The number of carbonyl (C=O) groups excluding carboxylic acids is 3. The lowest BCUT2D eigenvalue weighted by atomic mass is 9.98. The van der Waals surface area contributed by atoms with E-state index in [0.717, 1.165) is 0 Å². The Bertz CT molecular complexity index is 1120. The molecular formula is C25H41NO13P2. The number of hydrogen-bond acceptors (Lipinski definition) is 13. The van der Waals surface area contributed by atoms with Gasteiger partial charge in [-0.2, -0.15) is 0 Å². The maximum atomic E-state index is 14.2. The van der Waals surface area contributed by atoms with E-state index in [1.54, 1.807) is 0 Å². The molecule has 0 amide bonds. The minimum atomic E-state index is -5.55. The van der Waals surface area contributed by atoms with E-state index in [4.69, 9.17) is 27.8 Å². The second-order valence-electron chi connectivity index (χ2n) is 12.1. The largest absolute Gasteiger partial charge is 0.438 e. The van der Waals surface area contributed by atoms with Crippen molar-refractivity contribution in [3.63, 3.8) is 0 Å². The summed E-state index contributed by atoms with van der Waals surface area (Å²) in [4.78, 5) is 51.4. The molecule has 2 atom stereocenters. The molecule has 2 N–H and O–H groups in total. The van der Waals surface area contributed by atoms with Gasteiger partial charge in [0.15, 0.2) is 0 Å². The Kier molecular flexibility index (Phi) is 12.5. The Morgan fingerprint density at radius 2 is 1.15 bits per heavy atom. The van der Waals surface area contributed by atoms with E-state index < -0.39 is 81.2 Å². The molecule has 0 radical (unpaired) electrons. The molecule has 2 unspecified atom stereocenters. The van der Waals surface area contributed by atoms with Crippen LogP contribution >= 0.6 is 15.2 Å². The van der Waals surface area contributed by atoms with Gasteiger partial charge in [-0.3, -0.25) is 42.1 Å². The molecule has 0 aromatic carbocycles. The molecule has 0 fully saturated rings. The van der Waals surface area contributed by atoms with Gasteiger partial charge in [-0.15, -0.1) is 0 Å². The van der Waals surface area contributed by atoms with Crippen LogP contribution in [0.25, 0.3) is 0 Å². The number of rotatable bonds is 13. The van der Waals surface area contributed by atoms with E-state index in [-0.39, 0.29) is 5.56 Å². The zero-order chi connectivity index (χ0) is 31.9. The average molecular weight is 626 g/mol. The van der Waals surface area contributed by atoms with Crippen molar-refractivity contribution in [2.75, 3.05) is 20.4 Å². The molecular weight excluding hydrogens is 584 g/mol.